The molecule has 0 spiro atoms. The Bertz CT molecular complexity index is 395. The Balaban J connectivity index is 2.55. The first-order chi connectivity index (χ1) is 9.39. The van der Waals surface area contributed by atoms with Crippen LogP contribution in [0.2, 0.25) is 0 Å². The number of hydrogen-bond donors (Lipinski definition) is 2. The minimum Gasteiger partial charge on any atom is -0.453 e. The predicted octanol–water partition coefficient (Wildman–Crippen LogP) is 2.32. The number of carbonyl (C=O) groups excluding carboxylic acids is 2. The third-order valence-corrected chi connectivity index (χ3v) is 3.80. The molecule has 0 aromatic heterocycles. The molecule has 0 aliphatic carbocycles. The van der Waals surface area contributed by atoms with Crippen LogP contribution in [0, 0.1) is 5.92 Å². The van der Waals surface area contributed by atoms with Crippen molar-refractivity contribution in [3.05, 3.63) is 0 Å². The summed E-state index contributed by atoms with van der Waals surface area (Å²) in [6.07, 6.45) is 6.02. The number of nitrogens with zero attached hydrogens (tertiary/aromatic N) is 1. The van der Waals surface area contributed by atoms with E-state index >= 15 is 0 Å². The standard InChI is InChI=1S/C14H25N3O3/c1-4-5-6-7-8-11-9-14(3,20-12(11)18)10(2)16-17-13(15)19/h11H,4-9H2,1-3H3,(H3,15,17,19)/b16-10-/t11-,14+/m0/s1. The third-order valence-electron chi connectivity index (χ3n) is 3.80. The second kappa shape index (κ2) is 7.26. The molecule has 6 heteroatoms. The third kappa shape index (κ3) is 4.51. The quantitative estimate of drug-likeness (QED) is 0.325. The van der Waals surface area contributed by atoms with Crippen molar-refractivity contribution in [3.63, 3.8) is 0 Å². The van der Waals surface area contributed by atoms with E-state index in [1.54, 1.807) is 6.92 Å². The Labute approximate surface area is 120 Å². The summed E-state index contributed by atoms with van der Waals surface area (Å²) < 4.78 is 5.45. The van der Waals surface area contributed by atoms with Crippen LogP contribution in [0.3, 0.4) is 0 Å². The molecule has 3 N–H and O–H groups in total. The van der Waals surface area contributed by atoms with Gasteiger partial charge in [0.2, 0.25) is 0 Å². The summed E-state index contributed by atoms with van der Waals surface area (Å²) >= 11 is 0. The molecule has 1 aliphatic heterocycles. The highest BCUT2D eigenvalue weighted by atomic mass is 16.6. The van der Waals surface area contributed by atoms with Gasteiger partial charge in [-0.25, -0.2) is 10.2 Å². The number of hydrogen-bond acceptors (Lipinski definition) is 4. The molecule has 0 unspecified atom stereocenters. The van der Waals surface area contributed by atoms with Crippen molar-refractivity contribution in [2.24, 2.45) is 16.8 Å². The number of nitrogens with one attached hydrogen (secondary N) is 1. The van der Waals surface area contributed by atoms with E-state index < -0.39 is 11.6 Å². The monoisotopic (exact) mass is 283 g/mol. The number of cyclic esters (lactones) is 1. The van der Waals surface area contributed by atoms with Gasteiger partial charge in [0.25, 0.3) is 0 Å². The molecule has 1 aliphatic rings. The average Bonchev–Trinajstić information content (AvgIpc) is 2.68. The highest BCUT2D eigenvalue weighted by Crippen LogP contribution is 2.35. The summed E-state index contributed by atoms with van der Waals surface area (Å²) in [5.41, 5.74) is 6.95. The number of urea groups is 1. The Morgan fingerprint density at radius 3 is 2.80 bits per heavy atom. The zero-order valence-corrected chi connectivity index (χ0v) is 12.6. The predicted molar refractivity (Wildman–Crippen MR) is 77.2 cm³/mol. The largest absolute Gasteiger partial charge is 0.453 e. The first-order valence-corrected chi connectivity index (χ1v) is 7.22. The Morgan fingerprint density at radius 2 is 2.20 bits per heavy atom. The highest BCUT2D eigenvalue weighted by Gasteiger charge is 2.45. The summed E-state index contributed by atoms with van der Waals surface area (Å²) in [7, 11) is 0. The van der Waals surface area contributed by atoms with Gasteiger partial charge in [-0.1, -0.05) is 32.6 Å². The zero-order valence-electron chi connectivity index (χ0n) is 12.6. The summed E-state index contributed by atoms with van der Waals surface area (Å²) in [5.74, 6) is -0.242. The molecule has 2 atom stereocenters. The van der Waals surface area contributed by atoms with Gasteiger partial charge in [-0.05, 0) is 20.3 Å². The molecule has 0 aromatic carbocycles. The number of rotatable bonds is 7. The maximum Gasteiger partial charge on any atom is 0.332 e. The summed E-state index contributed by atoms with van der Waals surface area (Å²) in [6, 6.07) is -0.728. The normalized spacial score (nSPS) is 26.4. The number of esters is 1. The molecule has 1 fully saturated rings. The molecular weight excluding hydrogens is 258 g/mol. The number of nitrogens with two attached hydrogens (primary N) is 1. The fraction of sp³-hybridized carbons (Fsp3) is 0.786. The molecule has 20 heavy (non-hydrogen) atoms. The van der Waals surface area contributed by atoms with Crippen LogP contribution < -0.4 is 11.2 Å². The molecule has 114 valence electrons. The molecule has 1 saturated heterocycles. The average molecular weight is 283 g/mol. The first kappa shape index (κ1) is 16.5. The van der Waals surface area contributed by atoms with E-state index in [0.29, 0.717) is 12.1 Å². The molecular formula is C14H25N3O3. The highest BCUT2D eigenvalue weighted by molar-refractivity contribution is 5.95. The smallest absolute Gasteiger partial charge is 0.332 e. The van der Waals surface area contributed by atoms with E-state index in [9.17, 15) is 9.59 Å². The van der Waals surface area contributed by atoms with Crippen molar-refractivity contribution >= 4 is 17.7 Å². The van der Waals surface area contributed by atoms with E-state index in [4.69, 9.17) is 10.5 Å². The Hall–Kier alpha value is -1.59. The zero-order chi connectivity index (χ0) is 15.2. The van der Waals surface area contributed by atoms with Crippen LogP contribution in [-0.2, 0) is 9.53 Å². The Kier molecular flexibility index (Phi) is 5.98. The number of carbonyl (C=O) groups is 2. The number of primary amides is 1. The first-order valence-electron chi connectivity index (χ1n) is 7.22. The van der Waals surface area contributed by atoms with Gasteiger partial charge >= 0.3 is 12.0 Å². The molecule has 1 heterocycles. The van der Waals surface area contributed by atoms with Crippen LogP contribution in [0.25, 0.3) is 0 Å². The summed E-state index contributed by atoms with van der Waals surface area (Å²) in [6.45, 7) is 5.70. The lowest BCUT2D eigenvalue weighted by Crippen LogP contribution is -2.36. The van der Waals surface area contributed by atoms with Crippen molar-refractivity contribution < 1.29 is 14.3 Å². The molecule has 6 nitrogen and oxygen atoms in total. The van der Waals surface area contributed by atoms with Crippen molar-refractivity contribution in [2.45, 2.75) is 64.9 Å². The van der Waals surface area contributed by atoms with Gasteiger partial charge in [0.1, 0.15) is 5.60 Å². The van der Waals surface area contributed by atoms with Crippen LogP contribution in [0.15, 0.2) is 5.10 Å². The van der Waals surface area contributed by atoms with Crippen LogP contribution in [0.4, 0.5) is 4.79 Å². The van der Waals surface area contributed by atoms with Gasteiger partial charge in [0.05, 0.1) is 11.6 Å². The second-order valence-electron chi connectivity index (χ2n) is 5.58. The minimum absolute atomic E-state index is 0.0735. The minimum atomic E-state index is -0.741. The maximum atomic E-state index is 11.9. The van der Waals surface area contributed by atoms with Gasteiger partial charge in [0, 0.05) is 6.42 Å². The van der Waals surface area contributed by atoms with Crippen molar-refractivity contribution in [2.75, 3.05) is 0 Å². The lowest BCUT2D eigenvalue weighted by atomic mass is 9.89. The van der Waals surface area contributed by atoms with Crippen LogP contribution in [0.1, 0.15) is 59.3 Å². The topological polar surface area (TPSA) is 93.8 Å². The number of ether oxygens (including phenoxy) is 1. The van der Waals surface area contributed by atoms with E-state index in [1.807, 2.05) is 6.92 Å². The van der Waals surface area contributed by atoms with E-state index in [2.05, 4.69) is 17.5 Å². The molecule has 0 aromatic rings. The van der Waals surface area contributed by atoms with Crippen molar-refractivity contribution in [1.82, 2.24) is 5.43 Å². The Morgan fingerprint density at radius 1 is 1.50 bits per heavy atom. The van der Waals surface area contributed by atoms with Crippen LogP contribution in [-0.4, -0.2) is 23.3 Å². The molecule has 1 rings (SSSR count). The van der Waals surface area contributed by atoms with Crippen molar-refractivity contribution in [1.29, 1.82) is 0 Å². The van der Waals surface area contributed by atoms with Gasteiger partial charge in [-0.3, -0.25) is 4.79 Å². The second-order valence-corrected chi connectivity index (χ2v) is 5.58. The van der Waals surface area contributed by atoms with Gasteiger partial charge in [0.15, 0.2) is 0 Å². The molecule has 0 radical (unpaired) electrons. The van der Waals surface area contributed by atoms with E-state index in [0.717, 1.165) is 19.3 Å². The fourth-order valence-corrected chi connectivity index (χ4v) is 2.42. The van der Waals surface area contributed by atoms with E-state index in [-0.39, 0.29) is 11.9 Å². The van der Waals surface area contributed by atoms with Gasteiger partial charge in [-0.2, -0.15) is 5.10 Å². The fourth-order valence-electron chi connectivity index (χ4n) is 2.42. The summed E-state index contributed by atoms with van der Waals surface area (Å²) in [5, 5.41) is 3.87. The van der Waals surface area contributed by atoms with Crippen molar-refractivity contribution in [3.8, 4) is 0 Å². The number of amides is 2. The lowest BCUT2D eigenvalue weighted by molar-refractivity contribution is -0.146. The molecule has 0 saturated carbocycles. The summed E-state index contributed by atoms with van der Waals surface area (Å²) in [4.78, 5) is 22.6. The number of unbranched alkanes of at least 4 members (excludes halogenated alkanes) is 3. The van der Waals surface area contributed by atoms with Crippen LogP contribution >= 0.6 is 0 Å². The maximum absolute atomic E-state index is 11.9. The van der Waals surface area contributed by atoms with Crippen LogP contribution in [0.5, 0.6) is 0 Å². The SMILES string of the molecule is CCCCCC[C@H]1C[C@](C)(/C(C)=N\NC(N)=O)OC1=O. The van der Waals surface area contributed by atoms with Gasteiger partial charge in [-0.15, -0.1) is 0 Å². The molecule has 0 bridgehead atoms. The number of hydrazone groups is 1. The van der Waals surface area contributed by atoms with Gasteiger partial charge < -0.3 is 10.5 Å². The lowest BCUT2D eigenvalue weighted by Gasteiger charge is -2.22. The molecule has 2 amide bonds. The van der Waals surface area contributed by atoms with E-state index in [1.165, 1.54) is 12.8 Å².